The maximum absolute atomic E-state index is 9.17. The highest BCUT2D eigenvalue weighted by Gasteiger charge is 2.16. The number of halogens is 1. The topological polar surface area (TPSA) is 36.3 Å². The fraction of sp³-hybridized carbons (Fsp3) is 0.357. The number of methoxy groups -OCH3 is 1. The van der Waals surface area contributed by atoms with E-state index in [4.69, 9.17) is 21.6 Å². The number of nitrogens with zero attached hydrogens (tertiary/aromatic N) is 2. The van der Waals surface area contributed by atoms with Crippen LogP contribution in [0.4, 0.5) is 5.69 Å². The Morgan fingerprint density at radius 3 is 2.94 bits per heavy atom. The minimum Gasteiger partial charge on any atom is -0.380 e. The lowest BCUT2D eigenvalue weighted by atomic mass is 10.1. The maximum atomic E-state index is 9.17. The van der Waals surface area contributed by atoms with Crippen molar-refractivity contribution in [1.29, 1.82) is 5.26 Å². The van der Waals surface area contributed by atoms with Crippen molar-refractivity contribution in [3.8, 4) is 6.07 Å². The molecule has 94 valence electrons. The highest BCUT2D eigenvalue weighted by molar-refractivity contribution is 6.32. The van der Waals surface area contributed by atoms with E-state index in [1.54, 1.807) is 13.2 Å². The summed E-state index contributed by atoms with van der Waals surface area (Å²) in [6.45, 7) is 2.38. The second-order valence-corrected chi connectivity index (χ2v) is 4.64. The molecule has 0 unspecified atom stereocenters. The van der Waals surface area contributed by atoms with Crippen LogP contribution in [0.25, 0.3) is 0 Å². The standard InChI is InChI=1S/C14H15ClN2O/c1-18-10-11-5-7-17(8-6-11)14-4-2-3-13(15)12(14)9-16/h2-5H,6-8,10H2,1H3. The lowest BCUT2D eigenvalue weighted by Crippen LogP contribution is -2.29. The number of hydrogen-bond donors (Lipinski definition) is 0. The summed E-state index contributed by atoms with van der Waals surface area (Å²) >= 11 is 6.04. The zero-order valence-electron chi connectivity index (χ0n) is 10.3. The van der Waals surface area contributed by atoms with Gasteiger partial charge in [0.1, 0.15) is 6.07 Å². The highest BCUT2D eigenvalue weighted by Crippen LogP contribution is 2.28. The molecule has 18 heavy (non-hydrogen) atoms. The summed E-state index contributed by atoms with van der Waals surface area (Å²) in [4.78, 5) is 2.17. The van der Waals surface area contributed by atoms with Gasteiger partial charge >= 0.3 is 0 Å². The third kappa shape index (κ3) is 2.66. The van der Waals surface area contributed by atoms with Crippen molar-refractivity contribution in [2.24, 2.45) is 0 Å². The molecule has 0 aliphatic carbocycles. The molecule has 0 amide bonds. The van der Waals surface area contributed by atoms with Gasteiger partial charge in [0, 0.05) is 20.2 Å². The fourth-order valence-corrected chi connectivity index (χ4v) is 2.35. The zero-order chi connectivity index (χ0) is 13.0. The summed E-state index contributed by atoms with van der Waals surface area (Å²) in [7, 11) is 1.71. The SMILES string of the molecule is COCC1=CCN(c2cccc(Cl)c2C#N)CC1. The molecule has 0 aromatic heterocycles. The number of anilines is 1. The van der Waals surface area contributed by atoms with Gasteiger partial charge in [0.15, 0.2) is 0 Å². The van der Waals surface area contributed by atoms with E-state index >= 15 is 0 Å². The molecule has 0 spiro atoms. The van der Waals surface area contributed by atoms with E-state index in [2.05, 4.69) is 17.0 Å². The molecule has 0 bridgehead atoms. The summed E-state index contributed by atoms with van der Waals surface area (Å²) in [6, 6.07) is 7.75. The third-order valence-corrected chi connectivity index (χ3v) is 3.39. The van der Waals surface area contributed by atoms with Gasteiger partial charge in [-0.1, -0.05) is 23.7 Å². The van der Waals surface area contributed by atoms with Crippen LogP contribution in [0, 0.1) is 11.3 Å². The molecule has 1 aromatic carbocycles. The van der Waals surface area contributed by atoms with E-state index in [9.17, 15) is 0 Å². The second kappa shape index (κ2) is 5.90. The summed E-state index contributed by atoms with van der Waals surface area (Å²) in [5, 5.41) is 9.69. The summed E-state index contributed by atoms with van der Waals surface area (Å²) in [5.41, 5.74) is 2.79. The average Bonchev–Trinajstić information content (AvgIpc) is 2.40. The van der Waals surface area contributed by atoms with Gasteiger partial charge in [-0.2, -0.15) is 5.26 Å². The largest absolute Gasteiger partial charge is 0.380 e. The predicted molar refractivity (Wildman–Crippen MR) is 73.0 cm³/mol. The van der Waals surface area contributed by atoms with Gasteiger partial charge in [-0.15, -0.1) is 0 Å². The smallest absolute Gasteiger partial charge is 0.103 e. The first-order valence-electron chi connectivity index (χ1n) is 5.86. The molecule has 0 N–H and O–H groups in total. The van der Waals surface area contributed by atoms with E-state index in [-0.39, 0.29) is 0 Å². The lowest BCUT2D eigenvalue weighted by molar-refractivity contribution is 0.222. The molecule has 0 atom stereocenters. The first-order chi connectivity index (χ1) is 8.76. The fourth-order valence-electron chi connectivity index (χ4n) is 2.13. The van der Waals surface area contributed by atoms with E-state index in [0.29, 0.717) is 17.2 Å². The lowest BCUT2D eigenvalue weighted by Gasteiger charge is -2.29. The first-order valence-corrected chi connectivity index (χ1v) is 6.24. The van der Waals surface area contributed by atoms with Crippen LogP contribution in [-0.4, -0.2) is 26.8 Å². The molecule has 1 aliphatic heterocycles. The van der Waals surface area contributed by atoms with Crippen molar-refractivity contribution >= 4 is 17.3 Å². The minimum atomic E-state index is 0.515. The molecule has 2 rings (SSSR count). The zero-order valence-corrected chi connectivity index (χ0v) is 11.1. The van der Waals surface area contributed by atoms with Crippen molar-refractivity contribution in [3.63, 3.8) is 0 Å². The summed E-state index contributed by atoms with van der Waals surface area (Å²) in [6.07, 6.45) is 3.13. The van der Waals surface area contributed by atoms with Crippen molar-refractivity contribution < 1.29 is 4.74 Å². The Morgan fingerprint density at radius 2 is 2.33 bits per heavy atom. The normalized spacial score (nSPS) is 15.2. The van der Waals surface area contributed by atoms with Crippen LogP contribution in [0.3, 0.4) is 0 Å². The van der Waals surface area contributed by atoms with Gasteiger partial charge in [0.25, 0.3) is 0 Å². The number of hydrogen-bond acceptors (Lipinski definition) is 3. The molecule has 1 heterocycles. The third-order valence-electron chi connectivity index (χ3n) is 3.08. The Hall–Kier alpha value is -1.50. The number of nitriles is 1. The summed E-state index contributed by atoms with van der Waals surface area (Å²) < 4.78 is 5.13. The number of benzene rings is 1. The molecular formula is C14H15ClN2O. The predicted octanol–water partition coefficient (Wildman–Crippen LogP) is 2.99. The molecular weight excluding hydrogens is 248 g/mol. The Bertz CT molecular complexity index is 505. The van der Waals surface area contributed by atoms with Gasteiger partial charge in [-0.05, 0) is 24.1 Å². The van der Waals surface area contributed by atoms with Crippen LogP contribution in [0.5, 0.6) is 0 Å². The van der Waals surface area contributed by atoms with Crippen LogP contribution < -0.4 is 4.90 Å². The Kier molecular flexibility index (Phi) is 4.24. The van der Waals surface area contributed by atoms with Crippen LogP contribution in [0.15, 0.2) is 29.8 Å². The molecule has 1 aromatic rings. The van der Waals surface area contributed by atoms with Crippen LogP contribution in [0.2, 0.25) is 5.02 Å². The second-order valence-electron chi connectivity index (χ2n) is 4.24. The van der Waals surface area contributed by atoms with Crippen molar-refractivity contribution in [2.45, 2.75) is 6.42 Å². The monoisotopic (exact) mass is 262 g/mol. The van der Waals surface area contributed by atoms with Crippen LogP contribution >= 0.6 is 11.6 Å². The number of rotatable bonds is 3. The Labute approximate surface area is 112 Å². The van der Waals surface area contributed by atoms with Gasteiger partial charge in [-0.25, -0.2) is 0 Å². The van der Waals surface area contributed by atoms with E-state index in [1.165, 1.54) is 5.57 Å². The molecule has 0 fully saturated rings. The highest BCUT2D eigenvalue weighted by atomic mass is 35.5. The number of ether oxygens (including phenoxy) is 1. The van der Waals surface area contributed by atoms with E-state index in [1.807, 2.05) is 12.1 Å². The molecule has 1 aliphatic rings. The van der Waals surface area contributed by atoms with Crippen LogP contribution in [0.1, 0.15) is 12.0 Å². The quantitative estimate of drug-likeness (QED) is 0.786. The average molecular weight is 263 g/mol. The molecule has 0 radical (unpaired) electrons. The Morgan fingerprint density at radius 1 is 1.50 bits per heavy atom. The molecule has 3 nitrogen and oxygen atoms in total. The van der Waals surface area contributed by atoms with Gasteiger partial charge in [-0.3, -0.25) is 0 Å². The van der Waals surface area contributed by atoms with Gasteiger partial charge < -0.3 is 9.64 Å². The minimum absolute atomic E-state index is 0.515. The Balaban J connectivity index is 2.20. The molecule has 0 saturated carbocycles. The van der Waals surface area contributed by atoms with E-state index < -0.39 is 0 Å². The van der Waals surface area contributed by atoms with E-state index in [0.717, 1.165) is 25.2 Å². The van der Waals surface area contributed by atoms with Gasteiger partial charge in [0.2, 0.25) is 0 Å². The first kappa shape index (κ1) is 12.9. The maximum Gasteiger partial charge on any atom is 0.103 e. The van der Waals surface area contributed by atoms with Gasteiger partial charge in [0.05, 0.1) is 22.9 Å². The van der Waals surface area contributed by atoms with Crippen molar-refractivity contribution in [1.82, 2.24) is 0 Å². The summed E-state index contributed by atoms with van der Waals surface area (Å²) in [5.74, 6) is 0. The molecule has 4 heteroatoms. The van der Waals surface area contributed by atoms with Crippen LogP contribution in [-0.2, 0) is 4.74 Å². The molecule has 0 saturated heterocycles. The van der Waals surface area contributed by atoms with Crippen molar-refractivity contribution in [3.05, 3.63) is 40.4 Å². The van der Waals surface area contributed by atoms with Crippen molar-refractivity contribution in [2.75, 3.05) is 31.7 Å².